The van der Waals surface area contributed by atoms with Crippen molar-refractivity contribution >= 4 is 11.8 Å². The van der Waals surface area contributed by atoms with E-state index in [4.69, 9.17) is 4.74 Å². The SMILES string of the molecule is CC(=O)O[C@H](CC=C(C)C)C(C)=O. The fourth-order valence-electron chi connectivity index (χ4n) is 0.840. The second-order valence-corrected chi connectivity index (χ2v) is 3.23. The van der Waals surface area contributed by atoms with Gasteiger partial charge in [-0.1, -0.05) is 11.6 Å². The van der Waals surface area contributed by atoms with Crippen LogP contribution >= 0.6 is 0 Å². The van der Waals surface area contributed by atoms with Gasteiger partial charge in [-0.3, -0.25) is 9.59 Å². The number of ketones is 1. The summed E-state index contributed by atoms with van der Waals surface area (Å²) in [6.45, 7) is 6.60. The third kappa shape index (κ3) is 6.08. The molecule has 0 radical (unpaired) electrons. The topological polar surface area (TPSA) is 43.4 Å². The number of esters is 1. The van der Waals surface area contributed by atoms with Gasteiger partial charge in [0.15, 0.2) is 11.9 Å². The Balaban J connectivity index is 4.19. The summed E-state index contributed by atoms with van der Waals surface area (Å²) >= 11 is 0. The molecule has 0 unspecified atom stereocenters. The van der Waals surface area contributed by atoms with Crippen LogP contribution in [-0.2, 0) is 14.3 Å². The summed E-state index contributed by atoms with van der Waals surface area (Å²) in [5, 5.41) is 0. The summed E-state index contributed by atoms with van der Waals surface area (Å²) in [7, 11) is 0. The third-order valence-electron chi connectivity index (χ3n) is 1.50. The van der Waals surface area contributed by atoms with Crippen LogP contribution < -0.4 is 0 Å². The molecule has 1 atom stereocenters. The van der Waals surface area contributed by atoms with Crippen LogP contribution in [0.5, 0.6) is 0 Å². The van der Waals surface area contributed by atoms with Crippen LogP contribution in [0.25, 0.3) is 0 Å². The Bertz CT molecular complexity index is 224. The van der Waals surface area contributed by atoms with Gasteiger partial charge in [0.05, 0.1) is 0 Å². The third-order valence-corrected chi connectivity index (χ3v) is 1.50. The van der Waals surface area contributed by atoms with Crippen molar-refractivity contribution in [3.8, 4) is 0 Å². The van der Waals surface area contributed by atoms with E-state index in [1.165, 1.54) is 13.8 Å². The highest BCUT2D eigenvalue weighted by Crippen LogP contribution is 2.04. The molecule has 0 heterocycles. The van der Waals surface area contributed by atoms with E-state index in [-0.39, 0.29) is 5.78 Å². The summed E-state index contributed by atoms with van der Waals surface area (Å²) in [6.07, 6.45) is 1.74. The first-order valence-corrected chi connectivity index (χ1v) is 4.24. The molecule has 0 spiro atoms. The maximum Gasteiger partial charge on any atom is 0.303 e. The minimum absolute atomic E-state index is 0.118. The highest BCUT2D eigenvalue weighted by atomic mass is 16.5. The van der Waals surface area contributed by atoms with Gasteiger partial charge < -0.3 is 4.74 Å². The molecule has 13 heavy (non-hydrogen) atoms. The molecule has 0 amide bonds. The minimum Gasteiger partial charge on any atom is -0.454 e. The molecule has 0 N–H and O–H groups in total. The molecule has 0 saturated heterocycles. The summed E-state index contributed by atoms with van der Waals surface area (Å²) < 4.78 is 4.83. The maximum atomic E-state index is 11.0. The van der Waals surface area contributed by atoms with Gasteiger partial charge in [0.2, 0.25) is 0 Å². The van der Waals surface area contributed by atoms with Gasteiger partial charge in [0.1, 0.15) is 0 Å². The fraction of sp³-hybridized carbons (Fsp3) is 0.600. The minimum atomic E-state index is -0.618. The number of carbonyl (C=O) groups is 2. The summed E-state index contributed by atoms with van der Waals surface area (Å²) in [6, 6.07) is 0. The number of hydrogen-bond acceptors (Lipinski definition) is 3. The van der Waals surface area contributed by atoms with Gasteiger partial charge in [-0.25, -0.2) is 0 Å². The molecule has 3 heteroatoms. The van der Waals surface area contributed by atoms with E-state index in [0.717, 1.165) is 5.57 Å². The lowest BCUT2D eigenvalue weighted by molar-refractivity contribution is -0.152. The van der Waals surface area contributed by atoms with Crippen molar-refractivity contribution in [1.29, 1.82) is 0 Å². The normalized spacial score (nSPS) is 11.7. The Morgan fingerprint density at radius 3 is 2.08 bits per heavy atom. The van der Waals surface area contributed by atoms with Crippen molar-refractivity contribution in [2.75, 3.05) is 0 Å². The first-order valence-electron chi connectivity index (χ1n) is 4.24. The van der Waals surface area contributed by atoms with Crippen LogP contribution in [0.15, 0.2) is 11.6 Å². The average molecular weight is 184 g/mol. The quantitative estimate of drug-likeness (QED) is 0.494. The van der Waals surface area contributed by atoms with E-state index in [9.17, 15) is 9.59 Å². The van der Waals surface area contributed by atoms with Gasteiger partial charge in [-0.2, -0.15) is 0 Å². The Kier molecular flexibility index (Phi) is 5.04. The van der Waals surface area contributed by atoms with E-state index >= 15 is 0 Å². The van der Waals surface area contributed by atoms with Crippen molar-refractivity contribution in [3.63, 3.8) is 0 Å². The summed E-state index contributed by atoms with van der Waals surface area (Å²) in [5.41, 5.74) is 1.11. The molecule has 0 rings (SSSR count). The summed E-state index contributed by atoms with van der Waals surface area (Å²) in [5.74, 6) is -0.532. The standard InChI is InChI=1S/C10H16O3/c1-7(2)5-6-10(8(3)11)13-9(4)12/h5,10H,6H2,1-4H3/t10-/m1/s1. The first-order chi connectivity index (χ1) is 5.93. The number of allylic oxidation sites excluding steroid dienone is 1. The van der Waals surface area contributed by atoms with E-state index in [0.29, 0.717) is 6.42 Å². The molecule has 0 fully saturated rings. The van der Waals surface area contributed by atoms with Gasteiger partial charge in [-0.05, 0) is 20.8 Å². The smallest absolute Gasteiger partial charge is 0.303 e. The maximum absolute atomic E-state index is 11.0. The molecule has 0 bridgehead atoms. The Morgan fingerprint density at radius 1 is 1.23 bits per heavy atom. The molecular weight excluding hydrogens is 168 g/mol. The molecule has 3 nitrogen and oxygen atoms in total. The molecule has 0 aliphatic carbocycles. The van der Waals surface area contributed by atoms with Crippen LogP contribution in [0, 0.1) is 0 Å². The number of Topliss-reactive ketones (excluding diaryl/α,β-unsaturated/α-hetero) is 1. The van der Waals surface area contributed by atoms with E-state index < -0.39 is 12.1 Å². The predicted molar refractivity (Wildman–Crippen MR) is 50.3 cm³/mol. The number of ether oxygens (including phenoxy) is 1. The van der Waals surface area contributed by atoms with Crippen molar-refractivity contribution in [2.24, 2.45) is 0 Å². The van der Waals surface area contributed by atoms with Gasteiger partial charge in [0.25, 0.3) is 0 Å². The largest absolute Gasteiger partial charge is 0.454 e. The second kappa shape index (κ2) is 5.51. The van der Waals surface area contributed by atoms with Crippen molar-refractivity contribution in [1.82, 2.24) is 0 Å². The fourth-order valence-corrected chi connectivity index (χ4v) is 0.840. The van der Waals surface area contributed by atoms with Crippen LogP contribution in [0.2, 0.25) is 0 Å². The molecule has 0 aliphatic heterocycles. The van der Waals surface area contributed by atoms with E-state index in [1.807, 2.05) is 19.9 Å². The number of hydrogen-bond donors (Lipinski definition) is 0. The van der Waals surface area contributed by atoms with E-state index in [2.05, 4.69) is 0 Å². The van der Waals surface area contributed by atoms with E-state index in [1.54, 1.807) is 0 Å². The first kappa shape index (κ1) is 11.9. The zero-order valence-electron chi connectivity index (χ0n) is 8.59. The molecule has 0 aromatic carbocycles. The molecular formula is C10H16O3. The monoisotopic (exact) mass is 184 g/mol. The Hall–Kier alpha value is -1.12. The van der Waals surface area contributed by atoms with Crippen LogP contribution in [-0.4, -0.2) is 17.9 Å². The lowest BCUT2D eigenvalue weighted by Gasteiger charge is -2.11. The highest BCUT2D eigenvalue weighted by molar-refractivity contribution is 5.83. The van der Waals surface area contributed by atoms with Crippen LogP contribution in [0.4, 0.5) is 0 Å². The zero-order chi connectivity index (χ0) is 10.4. The van der Waals surface area contributed by atoms with Crippen molar-refractivity contribution < 1.29 is 14.3 Å². The molecule has 74 valence electrons. The highest BCUT2D eigenvalue weighted by Gasteiger charge is 2.15. The van der Waals surface area contributed by atoms with Crippen molar-refractivity contribution in [2.45, 2.75) is 40.2 Å². The van der Waals surface area contributed by atoms with Crippen molar-refractivity contribution in [3.05, 3.63) is 11.6 Å². The number of carbonyl (C=O) groups excluding carboxylic acids is 2. The molecule has 0 saturated carbocycles. The van der Waals surface area contributed by atoms with Crippen LogP contribution in [0.1, 0.15) is 34.1 Å². The van der Waals surface area contributed by atoms with Gasteiger partial charge >= 0.3 is 5.97 Å². The van der Waals surface area contributed by atoms with Gasteiger partial charge in [0, 0.05) is 13.3 Å². The lowest BCUT2D eigenvalue weighted by Crippen LogP contribution is -2.23. The average Bonchev–Trinajstić information content (AvgIpc) is 1.96. The number of rotatable bonds is 4. The predicted octanol–water partition coefficient (Wildman–Crippen LogP) is 1.86. The molecule has 0 aliphatic rings. The zero-order valence-corrected chi connectivity index (χ0v) is 8.59. The summed E-state index contributed by atoms with van der Waals surface area (Å²) in [4.78, 5) is 21.6. The van der Waals surface area contributed by atoms with Gasteiger partial charge in [-0.15, -0.1) is 0 Å². The lowest BCUT2D eigenvalue weighted by atomic mass is 10.1. The van der Waals surface area contributed by atoms with Crippen LogP contribution in [0.3, 0.4) is 0 Å². The Labute approximate surface area is 78.8 Å². The second-order valence-electron chi connectivity index (χ2n) is 3.23. The Morgan fingerprint density at radius 2 is 1.77 bits per heavy atom. The molecule has 0 aromatic heterocycles. The molecule has 0 aromatic rings.